The number of aryl methyl sites for hydroxylation is 1. The molecule has 3 aromatic rings. The maximum atomic E-state index is 12.8. The van der Waals surface area contributed by atoms with Gasteiger partial charge in [0.2, 0.25) is 16.9 Å². The van der Waals surface area contributed by atoms with Crippen LogP contribution in [0, 0.1) is 0 Å². The van der Waals surface area contributed by atoms with Crippen molar-refractivity contribution in [1.29, 1.82) is 0 Å². The van der Waals surface area contributed by atoms with Gasteiger partial charge in [-0.25, -0.2) is 0 Å². The summed E-state index contributed by atoms with van der Waals surface area (Å²) < 4.78 is 0. The minimum absolute atomic E-state index is 0.252. The molecule has 0 saturated heterocycles. The molecule has 1 unspecified atom stereocenters. The van der Waals surface area contributed by atoms with Gasteiger partial charge in [0.1, 0.15) is 11.0 Å². The van der Waals surface area contributed by atoms with E-state index in [0.717, 1.165) is 47.2 Å². The summed E-state index contributed by atoms with van der Waals surface area (Å²) in [7, 11) is 0. The van der Waals surface area contributed by atoms with E-state index in [2.05, 4.69) is 32.7 Å². The van der Waals surface area contributed by atoms with Gasteiger partial charge < -0.3 is 10.3 Å². The molecule has 28 heavy (non-hydrogen) atoms. The zero-order valence-electron chi connectivity index (χ0n) is 16.1. The molecule has 0 aliphatic rings. The molecule has 0 radical (unpaired) electrons. The predicted octanol–water partition coefficient (Wildman–Crippen LogP) is 3.44. The lowest BCUT2D eigenvalue weighted by Gasteiger charge is -2.16. The second-order valence-corrected chi connectivity index (χ2v) is 7.83. The van der Waals surface area contributed by atoms with Crippen molar-refractivity contribution in [2.75, 3.05) is 5.32 Å². The van der Waals surface area contributed by atoms with Crippen LogP contribution in [0.4, 0.5) is 5.13 Å². The van der Waals surface area contributed by atoms with Crippen LogP contribution < -0.4 is 10.6 Å². The molecular formula is C20H25N5O2S. The summed E-state index contributed by atoms with van der Waals surface area (Å²) >= 11 is 1.39. The van der Waals surface area contributed by atoms with E-state index in [1.54, 1.807) is 0 Å². The molecule has 3 N–H and O–H groups in total. The molecule has 2 heterocycles. The van der Waals surface area contributed by atoms with Gasteiger partial charge in [0, 0.05) is 36.9 Å². The average Bonchev–Trinajstić information content (AvgIpc) is 3.28. The number of nitrogens with zero attached hydrogens (tertiary/aromatic N) is 2. The smallest absolute Gasteiger partial charge is 0.249 e. The number of H-pyrrole nitrogens is 1. The molecule has 148 valence electrons. The number of amides is 2. The van der Waals surface area contributed by atoms with E-state index >= 15 is 0 Å². The number of unbranched alkanes of at least 4 members (excludes halogenated alkanes) is 2. The van der Waals surface area contributed by atoms with E-state index < -0.39 is 6.04 Å². The van der Waals surface area contributed by atoms with E-state index in [1.165, 1.54) is 18.3 Å². The first-order chi connectivity index (χ1) is 13.6. The van der Waals surface area contributed by atoms with Gasteiger partial charge in [0.25, 0.3) is 0 Å². The fourth-order valence-corrected chi connectivity index (χ4v) is 3.88. The summed E-state index contributed by atoms with van der Waals surface area (Å²) in [5.41, 5.74) is 1.97. The fraction of sp³-hybridized carbons (Fsp3) is 0.400. The summed E-state index contributed by atoms with van der Waals surface area (Å²) in [5.74, 6) is -0.547. The molecule has 1 aromatic carbocycles. The van der Waals surface area contributed by atoms with Gasteiger partial charge in [-0.15, -0.1) is 10.2 Å². The number of hydrogen-bond acceptors (Lipinski definition) is 5. The molecule has 3 rings (SSSR count). The van der Waals surface area contributed by atoms with Crippen LogP contribution in [0.5, 0.6) is 0 Å². The highest BCUT2D eigenvalue weighted by Crippen LogP contribution is 2.21. The number of carbonyl (C=O) groups excluding carboxylic acids is 2. The number of fused-ring (bicyclic) bond motifs is 1. The molecule has 7 nitrogen and oxygen atoms in total. The second kappa shape index (κ2) is 9.45. The topological polar surface area (TPSA) is 99.8 Å². The number of aromatic nitrogens is 3. The Bertz CT molecular complexity index is 949. The lowest BCUT2D eigenvalue weighted by molar-refractivity contribution is -0.125. The Labute approximate surface area is 167 Å². The first kappa shape index (κ1) is 20.0. The van der Waals surface area contributed by atoms with Crippen LogP contribution in [0.2, 0.25) is 0 Å². The second-order valence-electron chi connectivity index (χ2n) is 6.76. The third-order valence-electron chi connectivity index (χ3n) is 4.48. The number of aromatic amines is 1. The largest absolute Gasteiger partial charge is 0.361 e. The summed E-state index contributed by atoms with van der Waals surface area (Å²) in [6.07, 6.45) is 6.49. The van der Waals surface area contributed by atoms with Crippen molar-refractivity contribution in [3.63, 3.8) is 0 Å². The number of anilines is 1. The maximum Gasteiger partial charge on any atom is 0.249 e. The summed E-state index contributed by atoms with van der Waals surface area (Å²) in [5, 5.41) is 16.2. The molecule has 0 bridgehead atoms. The van der Waals surface area contributed by atoms with Crippen LogP contribution in [0.15, 0.2) is 30.5 Å². The first-order valence-electron chi connectivity index (χ1n) is 9.52. The summed E-state index contributed by atoms with van der Waals surface area (Å²) in [4.78, 5) is 27.6. The molecular weight excluding hydrogens is 374 g/mol. The number of para-hydroxylation sites is 1. The van der Waals surface area contributed by atoms with Crippen LogP contribution in [0.3, 0.4) is 0 Å². The van der Waals surface area contributed by atoms with Gasteiger partial charge in [-0.1, -0.05) is 49.3 Å². The Balaban J connectivity index is 1.69. The number of hydrogen-bond donors (Lipinski definition) is 3. The Morgan fingerprint density at radius 2 is 2.04 bits per heavy atom. The number of rotatable bonds is 9. The van der Waals surface area contributed by atoms with Crippen LogP contribution in [0.25, 0.3) is 10.9 Å². The number of benzene rings is 1. The standard InChI is InChI=1S/C20H25N5O2S/c1-3-4-5-10-18-24-25-20(28-18)23-19(27)17(22-13(2)26)11-14-12-21-16-9-7-6-8-15(14)16/h6-9,12,17,21H,3-5,10-11H2,1-2H3,(H,22,26)(H,23,25,27). The minimum atomic E-state index is -0.691. The van der Waals surface area contributed by atoms with Crippen molar-refractivity contribution in [3.8, 4) is 0 Å². The highest BCUT2D eigenvalue weighted by molar-refractivity contribution is 7.15. The van der Waals surface area contributed by atoms with E-state index in [4.69, 9.17) is 0 Å². The molecule has 0 fully saturated rings. The van der Waals surface area contributed by atoms with E-state index in [-0.39, 0.29) is 11.8 Å². The van der Waals surface area contributed by atoms with E-state index in [9.17, 15) is 9.59 Å². The van der Waals surface area contributed by atoms with Crippen molar-refractivity contribution in [3.05, 3.63) is 41.0 Å². The highest BCUT2D eigenvalue weighted by Gasteiger charge is 2.22. The molecule has 1 atom stereocenters. The zero-order chi connectivity index (χ0) is 19.9. The van der Waals surface area contributed by atoms with Crippen LogP contribution >= 0.6 is 11.3 Å². The number of carbonyl (C=O) groups is 2. The monoisotopic (exact) mass is 399 g/mol. The summed E-state index contributed by atoms with van der Waals surface area (Å²) in [6, 6.07) is 7.19. The number of nitrogens with one attached hydrogen (secondary N) is 3. The molecule has 0 aliphatic carbocycles. The van der Waals surface area contributed by atoms with Crippen LogP contribution in [0.1, 0.15) is 43.7 Å². The van der Waals surface area contributed by atoms with Crippen LogP contribution in [-0.2, 0) is 22.4 Å². The van der Waals surface area contributed by atoms with E-state index in [0.29, 0.717) is 11.6 Å². The Morgan fingerprint density at radius 3 is 2.82 bits per heavy atom. The predicted molar refractivity (Wildman–Crippen MR) is 111 cm³/mol. The molecule has 0 saturated carbocycles. The molecule has 2 aromatic heterocycles. The Hall–Kier alpha value is -2.74. The quantitative estimate of drug-likeness (QED) is 0.480. The van der Waals surface area contributed by atoms with Crippen LogP contribution in [-0.4, -0.2) is 33.0 Å². The SMILES string of the molecule is CCCCCc1nnc(NC(=O)C(Cc2c[nH]c3ccccc23)NC(C)=O)s1. The minimum Gasteiger partial charge on any atom is -0.361 e. The average molecular weight is 400 g/mol. The lowest BCUT2D eigenvalue weighted by Crippen LogP contribution is -2.44. The van der Waals surface area contributed by atoms with Crippen molar-refractivity contribution in [1.82, 2.24) is 20.5 Å². The zero-order valence-corrected chi connectivity index (χ0v) is 16.9. The van der Waals surface area contributed by atoms with Crippen molar-refractivity contribution in [2.24, 2.45) is 0 Å². The lowest BCUT2D eigenvalue weighted by atomic mass is 10.0. The van der Waals surface area contributed by atoms with Crippen molar-refractivity contribution >= 4 is 39.2 Å². The third-order valence-corrected chi connectivity index (χ3v) is 5.38. The molecule has 0 aliphatic heterocycles. The molecule has 0 spiro atoms. The fourth-order valence-electron chi connectivity index (χ4n) is 3.10. The highest BCUT2D eigenvalue weighted by atomic mass is 32.1. The Kier molecular flexibility index (Phi) is 6.76. The normalized spacial score (nSPS) is 12.1. The van der Waals surface area contributed by atoms with Gasteiger partial charge in [-0.3, -0.25) is 14.9 Å². The van der Waals surface area contributed by atoms with Gasteiger partial charge in [-0.05, 0) is 18.1 Å². The maximum absolute atomic E-state index is 12.8. The van der Waals surface area contributed by atoms with Crippen molar-refractivity contribution < 1.29 is 9.59 Å². The van der Waals surface area contributed by atoms with E-state index in [1.807, 2.05) is 30.5 Å². The first-order valence-corrected chi connectivity index (χ1v) is 10.3. The van der Waals surface area contributed by atoms with Crippen molar-refractivity contribution in [2.45, 2.75) is 52.0 Å². The molecule has 2 amide bonds. The van der Waals surface area contributed by atoms with Gasteiger partial charge in [0.15, 0.2) is 0 Å². The van der Waals surface area contributed by atoms with Gasteiger partial charge >= 0.3 is 0 Å². The van der Waals surface area contributed by atoms with Gasteiger partial charge in [-0.2, -0.15) is 0 Å². The molecule has 8 heteroatoms. The summed E-state index contributed by atoms with van der Waals surface area (Å²) in [6.45, 7) is 3.56. The Morgan fingerprint density at radius 1 is 1.21 bits per heavy atom. The third kappa shape index (κ3) is 5.16. The van der Waals surface area contributed by atoms with Gasteiger partial charge in [0.05, 0.1) is 0 Å².